The van der Waals surface area contributed by atoms with Gasteiger partial charge in [-0.25, -0.2) is 0 Å². The number of amides is 1. The number of ether oxygens (including phenoxy) is 1. The number of Topliss-reactive ketones (excluding diaryl/α,β-unsaturated/α-hetero) is 2. The molecule has 1 saturated carbocycles. The molecule has 0 saturated heterocycles. The maximum absolute atomic E-state index is 12.8. The number of benzene rings is 1. The van der Waals surface area contributed by atoms with Gasteiger partial charge in [-0.1, -0.05) is 17.5 Å². The molecule has 2 rings (SSSR count). The monoisotopic (exact) mass is 375 g/mol. The number of hydrogen-bond acceptors (Lipinski definition) is 4. The first kappa shape index (κ1) is 20.0. The highest BCUT2D eigenvalue weighted by molar-refractivity contribution is 6.33. The van der Waals surface area contributed by atoms with Crippen LogP contribution in [0.15, 0.2) is 12.1 Å². The third-order valence-electron chi connectivity index (χ3n) is 4.56. The largest absolute Gasteiger partial charge is 0.496 e. The first-order valence-corrected chi connectivity index (χ1v) is 8.59. The molecule has 0 atom stereocenters. The van der Waals surface area contributed by atoms with Crippen LogP contribution in [-0.2, 0) is 14.4 Å². The van der Waals surface area contributed by atoms with E-state index in [1.54, 1.807) is 40.1 Å². The van der Waals surface area contributed by atoms with E-state index >= 15 is 0 Å². The van der Waals surface area contributed by atoms with Crippen molar-refractivity contribution in [3.63, 3.8) is 0 Å². The molecule has 0 aliphatic heterocycles. The lowest BCUT2D eigenvalue weighted by molar-refractivity contribution is -0.149. The fourth-order valence-corrected chi connectivity index (χ4v) is 3.81. The van der Waals surface area contributed by atoms with E-state index in [1.807, 2.05) is 0 Å². The van der Waals surface area contributed by atoms with Crippen LogP contribution in [0, 0.1) is 17.3 Å². The van der Waals surface area contributed by atoms with Crippen LogP contribution in [0.2, 0.25) is 5.02 Å². The fraction of sp³-hybridized carbons (Fsp3) is 0.450. The Morgan fingerprint density at radius 3 is 2.31 bits per heavy atom. The lowest BCUT2D eigenvalue weighted by Crippen LogP contribution is -2.46. The summed E-state index contributed by atoms with van der Waals surface area (Å²) in [5.74, 6) is 4.10. The number of ketones is 2. The topological polar surface area (TPSA) is 63.7 Å². The van der Waals surface area contributed by atoms with E-state index in [4.69, 9.17) is 16.3 Å². The Bertz CT molecular complexity index is 814. The smallest absolute Gasteiger partial charge is 0.228 e. The van der Waals surface area contributed by atoms with E-state index in [0.717, 1.165) is 0 Å². The molecule has 138 valence electrons. The van der Waals surface area contributed by atoms with Gasteiger partial charge in [0.25, 0.3) is 0 Å². The summed E-state index contributed by atoms with van der Waals surface area (Å²) < 4.78 is 5.37. The lowest BCUT2D eigenvalue weighted by Gasteiger charge is -2.36. The third kappa shape index (κ3) is 3.61. The molecule has 1 aromatic rings. The van der Waals surface area contributed by atoms with Gasteiger partial charge in [0.2, 0.25) is 5.91 Å². The predicted octanol–water partition coefficient (Wildman–Crippen LogP) is 2.83. The Morgan fingerprint density at radius 1 is 1.27 bits per heavy atom. The summed E-state index contributed by atoms with van der Waals surface area (Å²) in [4.78, 5) is 39.5. The molecule has 0 N–H and O–H groups in total. The molecule has 1 aromatic carbocycles. The van der Waals surface area contributed by atoms with E-state index in [2.05, 4.69) is 11.8 Å². The highest BCUT2D eigenvalue weighted by Crippen LogP contribution is 2.44. The molecule has 1 fully saturated rings. The molecular weight excluding hydrogens is 354 g/mol. The second-order valence-electron chi connectivity index (χ2n) is 6.93. The van der Waals surface area contributed by atoms with Crippen molar-refractivity contribution in [1.29, 1.82) is 0 Å². The van der Waals surface area contributed by atoms with Crippen LogP contribution < -0.4 is 4.74 Å². The van der Waals surface area contributed by atoms with Crippen molar-refractivity contribution < 1.29 is 19.1 Å². The number of methoxy groups -OCH3 is 1. The summed E-state index contributed by atoms with van der Waals surface area (Å²) in [5, 5.41) is 0.260. The van der Waals surface area contributed by atoms with Gasteiger partial charge in [-0.05, 0) is 26.0 Å². The molecule has 5 nitrogen and oxygen atoms in total. The Hall–Kier alpha value is -2.32. The summed E-state index contributed by atoms with van der Waals surface area (Å²) in [6.07, 6.45) is -0.0349. The summed E-state index contributed by atoms with van der Waals surface area (Å²) >= 11 is 6.37. The molecule has 1 amide bonds. The van der Waals surface area contributed by atoms with Crippen molar-refractivity contribution in [1.82, 2.24) is 4.90 Å². The molecule has 0 radical (unpaired) electrons. The standard InChI is InChI=1S/C20H22ClNO4/c1-6-7-12-8-13(21)17(16(9-12)26-5)18-14(23)10-20(2,11-15(18)24)19(25)22(3)4/h8-9,18H,10-11H2,1-5H3. The zero-order valence-corrected chi connectivity index (χ0v) is 16.4. The number of nitrogens with zero attached hydrogens (tertiary/aromatic N) is 1. The van der Waals surface area contributed by atoms with Gasteiger partial charge in [0.05, 0.1) is 12.5 Å². The molecule has 1 aliphatic carbocycles. The molecular formula is C20H22ClNO4. The van der Waals surface area contributed by atoms with Crippen molar-refractivity contribution in [2.45, 2.75) is 32.6 Å². The molecule has 6 heteroatoms. The van der Waals surface area contributed by atoms with Gasteiger partial charge in [0.1, 0.15) is 23.2 Å². The minimum Gasteiger partial charge on any atom is -0.496 e. The summed E-state index contributed by atoms with van der Waals surface area (Å²) in [7, 11) is 4.68. The van der Waals surface area contributed by atoms with Crippen molar-refractivity contribution in [3.05, 3.63) is 28.3 Å². The highest BCUT2D eigenvalue weighted by Gasteiger charge is 2.48. The molecule has 0 unspecified atom stereocenters. The average Bonchev–Trinajstić information content (AvgIpc) is 2.55. The summed E-state index contributed by atoms with van der Waals surface area (Å²) in [6.45, 7) is 3.35. The molecule has 0 heterocycles. The Labute approximate surface area is 158 Å². The molecule has 0 spiro atoms. The molecule has 0 aromatic heterocycles. The Balaban J connectivity index is 2.48. The SMILES string of the molecule is CC#Cc1cc(Cl)c(C2C(=O)CC(C)(C(=O)N(C)C)CC2=O)c(OC)c1. The normalized spacial score (nSPS) is 22.5. The Morgan fingerprint density at radius 2 is 1.85 bits per heavy atom. The highest BCUT2D eigenvalue weighted by atomic mass is 35.5. The average molecular weight is 376 g/mol. The zero-order chi connectivity index (χ0) is 19.6. The van der Waals surface area contributed by atoms with Crippen LogP contribution in [0.3, 0.4) is 0 Å². The van der Waals surface area contributed by atoms with Gasteiger partial charge in [-0.2, -0.15) is 0 Å². The maximum atomic E-state index is 12.8. The number of carbonyl (C=O) groups excluding carboxylic acids is 3. The fourth-order valence-electron chi connectivity index (χ4n) is 3.49. The van der Waals surface area contributed by atoms with Crippen LogP contribution in [0.5, 0.6) is 5.75 Å². The Kier molecular flexibility index (Phi) is 5.77. The van der Waals surface area contributed by atoms with Crippen LogP contribution in [0.1, 0.15) is 43.7 Å². The van der Waals surface area contributed by atoms with E-state index < -0.39 is 11.3 Å². The van der Waals surface area contributed by atoms with Crippen LogP contribution in [0.25, 0.3) is 0 Å². The summed E-state index contributed by atoms with van der Waals surface area (Å²) in [5.41, 5.74) is -0.0341. The van der Waals surface area contributed by atoms with Crippen molar-refractivity contribution in [2.24, 2.45) is 5.41 Å². The number of rotatable bonds is 3. The van der Waals surface area contributed by atoms with Gasteiger partial charge in [0.15, 0.2) is 0 Å². The minimum absolute atomic E-state index is 0.0174. The van der Waals surface area contributed by atoms with Crippen molar-refractivity contribution in [3.8, 4) is 17.6 Å². The first-order chi connectivity index (χ1) is 12.1. The van der Waals surface area contributed by atoms with E-state index in [0.29, 0.717) is 16.9 Å². The number of hydrogen-bond donors (Lipinski definition) is 0. The predicted molar refractivity (Wildman–Crippen MR) is 99.3 cm³/mol. The molecule has 0 bridgehead atoms. The maximum Gasteiger partial charge on any atom is 0.228 e. The van der Waals surface area contributed by atoms with Gasteiger partial charge >= 0.3 is 0 Å². The molecule has 1 aliphatic rings. The first-order valence-electron chi connectivity index (χ1n) is 8.22. The summed E-state index contributed by atoms with van der Waals surface area (Å²) in [6, 6.07) is 3.28. The van der Waals surface area contributed by atoms with Gasteiger partial charge < -0.3 is 9.64 Å². The quantitative estimate of drug-likeness (QED) is 0.602. The number of carbonyl (C=O) groups is 3. The van der Waals surface area contributed by atoms with Crippen LogP contribution in [-0.4, -0.2) is 43.6 Å². The van der Waals surface area contributed by atoms with E-state index in [9.17, 15) is 14.4 Å². The van der Waals surface area contributed by atoms with Crippen molar-refractivity contribution in [2.75, 3.05) is 21.2 Å². The van der Waals surface area contributed by atoms with Gasteiger partial charge in [-0.3, -0.25) is 14.4 Å². The third-order valence-corrected chi connectivity index (χ3v) is 4.88. The van der Waals surface area contributed by atoms with Crippen LogP contribution >= 0.6 is 11.6 Å². The zero-order valence-electron chi connectivity index (χ0n) is 15.6. The van der Waals surface area contributed by atoms with Gasteiger partial charge in [0, 0.05) is 43.1 Å². The second kappa shape index (κ2) is 7.51. The second-order valence-corrected chi connectivity index (χ2v) is 7.34. The van der Waals surface area contributed by atoms with Crippen molar-refractivity contribution >= 4 is 29.1 Å². The number of halogens is 1. The van der Waals surface area contributed by atoms with E-state index in [1.165, 1.54) is 12.0 Å². The van der Waals surface area contributed by atoms with E-state index in [-0.39, 0.29) is 35.3 Å². The van der Waals surface area contributed by atoms with Crippen LogP contribution in [0.4, 0.5) is 0 Å². The lowest BCUT2D eigenvalue weighted by atomic mass is 9.67. The minimum atomic E-state index is -1.03. The van der Waals surface area contributed by atoms with Gasteiger partial charge in [-0.15, -0.1) is 5.92 Å². The molecule has 26 heavy (non-hydrogen) atoms.